The molecular weight excluding hydrogens is 328 g/mol. The van der Waals surface area contributed by atoms with Crippen molar-refractivity contribution in [2.24, 2.45) is 5.73 Å². The molecule has 3 N–H and O–H groups in total. The summed E-state index contributed by atoms with van der Waals surface area (Å²) in [6, 6.07) is 19.7. The van der Waals surface area contributed by atoms with E-state index in [9.17, 15) is 14.7 Å². The number of amides is 2. The van der Waals surface area contributed by atoms with Crippen LogP contribution in [-0.4, -0.2) is 27.9 Å². The van der Waals surface area contributed by atoms with Gasteiger partial charge in [-0.05, 0) is 24.0 Å². The van der Waals surface area contributed by atoms with Crippen LogP contribution < -0.4 is 5.73 Å². The lowest BCUT2D eigenvalue weighted by molar-refractivity contribution is -0.133. The second-order valence-corrected chi connectivity index (χ2v) is 6.42. The fraction of sp³-hybridized carbons (Fsp3) is 0.333. The van der Waals surface area contributed by atoms with Gasteiger partial charge in [0.1, 0.15) is 0 Å². The Hall–Kier alpha value is -2.66. The summed E-state index contributed by atoms with van der Waals surface area (Å²) in [7, 11) is 0. The minimum Gasteiger partial charge on any atom is -0.393 e. The van der Waals surface area contributed by atoms with Crippen LogP contribution in [0.1, 0.15) is 36.8 Å². The van der Waals surface area contributed by atoms with Gasteiger partial charge in [-0.1, -0.05) is 60.7 Å². The van der Waals surface area contributed by atoms with Crippen LogP contribution in [0.5, 0.6) is 0 Å². The Kier molecular flexibility index (Phi) is 7.83. The number of hydrogen-bond acceptors (Lipinski definition) is 3. The lowest BCUT2D eigenvalue weighted by atomic mass is 10.1. The maximum Gasteiger partial charge on any atom is 0.223 e. The van der Waals surface area contributed by atoms with Crippen molar-refractivity contribution in [2.45, 2.75) is 44.9 Å². The number of benzene rings is 2. The molecule has 2 aromatic carbocycles. The molecule has 0 heterocycles. The zero-order chi connectivity index (χ0) is 18.8. The molecule has 0 bridgehead atoms. The molecule has 2 aromatic rings. The van der Waals surface area contributed by atoms with Crippen molar-refractivity contribution in [1.82, 2.24) is 4.90 Å². The second kappa shape index (κ2) is 10.4. The van der Waals surface area contributed by atoms with E-state index >= 15 is 0 Å². The molecule has 0 spiro atoms. The van der Waals surface area contributed by atoms with Gasteiger partial charge >= 0.3 is 0 Å². The monoisotopic (exact) mass is 354 g/mol. The number of carbonyl (C=O) groups is 2. The summed E-state index contributed by atoms with van der Waals surface area (Å²) in [4.78, 5) is 25.3. The van der Waals surface area contributed by atoms with Crippen molar-refractivity contribution in [1.29, 1.82) is 0 Å². The minimum absolute atomic E-state index is 0.0177. The average molecular weight is 354 g/mol. The number of nitrogens with two attached hydrogens (primary N) is 1. The van der Waals surface area contributed by atoms with Gasteiger partial charge in [0.2, 0.25) is 11.8 Å². The molecule has 0 saturated carbocycles. The summed E-state index contributed by atoms with van der Waals surface area (Å²) in [6.45, 7) is 1.04. The second-order valence-electron chi connectivity index (χ2n) is 6.42. The summed E-state index contributed by atoms with van der Waals surface area (Å²) in [6.07, 6.45) is 0.292. The fourth-order valence-corrected chi connectivity index (χ4v) is 2.74. The molecule has 0 radical (unpaired) electrons. The highest BCUT2D eigenvalue weighted by molar-refractivity contribution is 5.76. The molecule has 0 aliphatic heterocycles. The van der Waals surface area contributed by atoms with Gasteiger partial charge in [-0.25, -0.2) is 0 Å². The molecule has 0 aliphatic rings. The first-order chi connectivity index (χ1) is 12.5. The lowest BCUT2D eigenvalue weighted by Gasteiger charge is -2.24. The molecule has 0 unspecified atom stereocenters. The van der Waals surface area contributed by atoms with Crippen LogP contribution in [0.4, 0.5) is 0 Å². The summed E-state index contributed by atoms with van der Waals surface area (Å²) >= 11 is 0. The first-order valence-corrected chi connectivity index (χ1v) is 8.86. The molecule has 5 nitrogen and oxygen atoms in total. The third kappa shape index (κ3) is 7.07. The maximum absolute atomic E-state index is 12.7. The maximum atomic E-state index is 12.7. The van der Waals surface area contributed by atoms with Gasteiger partial charge < -0.3 is 15.7 Å². The van der Waals surface area contributed by atoms with Crippen molar-refractivity contribution >= 4 is 11.8 Å². The van der Waals surface area contributed by atoms with Gasteiger partial charge in [-0.3, -0.25) is 9.59 Å². The topological polar surface area (TPSA) is 83.6 Å². The third-order valence-electron chi connectivity index (χ3n) is 4.20. The third-order valence-corrected chi connectivity index (χ3v) is 4.20. The number of rotatable bonds is 10. The molecule has 0 aromatic heterocycles. The Morgan fingerprint density at radius 3 is 1.77 bits per heavy atom. The predicted molar refractivity (Wildman–Crippen MR) is 101 cm³/mol. The van der Waals surface area contributed by atoms with Crippen LogP contribution in [0.15, 0.2) is 60.7 Å². The fourth-order valence-electron chi connectivity index (χ4n) is 2.74. The van der Waals surface area contributed by atoms with Crippen molar-refractivity contribution in [3.63, 3.8) is 0 Å². The Morgan fingerprint density at radius 2 is 1.31 bits per heavy atom. The largest absolute Gasteiger partial charge is 0.393 e. The van der Waals surface area contributed by atoms with Crippen LogP contribution in [0, 0.1) is 0 Å². The Labute approximate surface area is 154 Å². The summed E-state index contributed by atoms with van der Waals surface area (Å²) in [5, 5.41) is 9.93. The smallest absolute Gasteiger partial charge is 0.223 e. The van der Waals surface area contributed by atoms with E-state index in [0.29, 0.717) is 25.9 Å². The van der Waals surface area contributed by atoms with Crippen LogP contribution in [-0.2, 0) is 22.7 Å². The lowest BCUT2D eigenvalue weighted by Crippen LogP contribution is -2.30. The molecule has 0 aliphatic carbocycles. The number of hydrogen-bond donors (Lipinski definition) is 2. The molecule has 0 saturated heterocycles. The molecule has 0 fully saturated rings. The van der Waals surface area contributed by atoms with E-state index < -0.39 is 12.0 Å². The van der Waals surface area contributed by atoms with Crippen LogP contribution in [0.3, 0.4) is 0 Å². The van der Waals surface area contributed by atoms with Gasteiger partial charge in [-0.15, -0.1) is 0 Å². The molecule has 2 rings (SSSR count). The first-order valence-electron chi connectivity index (χ1n) is 8.86. The molecule has 2 amide bonds. The highest BCUT2D eigenvalue weighted by Crippen LogP contribution is 2.14. The van der Waals surface area contributed by atoms with Crippen molar-refractivity contribution in [3.05, 3.63) is 71.8 Å². The number of primary amides is 1. The van der Waals surface area contributed by atoms with Gasteiger partial charge in [0.05, 0.1) is 6.10 Å². The van der Waals surface area contributed by atoms with Gasteiger partial charge in [0.15, 0.2) is 0 Å². The zero-order valence-corrected chi connectivity index (χ0v) is 14.9. The number of aliphatic hydroxyl groups is 1. The van der Waals surface area contributed by atoms with Crippen LogP contribution >= 0.6 is 0 Å². The normalized spacial score (nSPS) is 11.7. The number of nitrogens with zero attached hydrogens (tertiary/aromatic N) is 1. The Morgan fingerprint density at radius 1 is 0.846 bits per heavy atom. The van der Waals surface area contributed by atoms with E-state index in [1.807, 2.05) is 60.7 Å². The zero-order valence-electron chi connectivity index (χ0n) is 14.9. The SMILES string of the molecule is NC(=O)CC[C@@H](O)CCC(=O)N(Cc1ccccc1)Cc1ccccc1. The van der Waals surface area contributed by atoms with Crippen LogP contribution in [0.25, 0.3) is 0 Å². The van der Waals surface area contributed by atoms with E-state index in [1.165, 1.54) is 0 Å². The molecule has 1 atom stereocenters. The summed E-state index contributed by atoms with van der Waals surface area (Å²) in [5.74, 6) is -0.457. The van der Waals surface area contributed by atoms with E-state index in [4.69, 9.17) is 5.73 Å². The van der Waals surface area contributed by atoms with Crippen LogP contribution in [0.2, 0.25) is 0 Å². The number of aliphatic hydroxyl groups excluding tert-OH is 1. The van der Waals surface area contributed by atoms with Crippen molar-refractivity contribution in [3.8, 4) is 0 Å². The minimum atomic E-state index is -0.693. The van der Waals surface area contributed by atoms with E-state index in [2.05, 4.69) is 0 Å². The predicted octanol–water partition coefficient (Wildman–Crippen LogP) is 2.62. The summed E-state index contributed by atoms with van der Waals surface area (Å²) < 4.78 is 0. The van der Waals surface area contributed by atoms with Gasteiger partial charge in [0.25, 0.3) is 0 Å². The van der Waals surface area contributed by atoms with Gasteiger partial charge in [0, 0.05) is 25.9 Å². The molecule has 5 heteroatoms. The first kappa shape index (κ1) is 19.7. The van der Waals surface area contributed by atoms with E-state index in [0.717, 1.165) is 11.1 Å². The molecule has 26 heavy (non-hydrogen) atoms. The highest BCUT2D eigenvalue weighted by Gasteiger charge is 2.16. The summed E-state index contributed by atoms with van der Waals surface area (Å²) in [5.41, 5.74) is 7.21. The van der Waals surface area contributed by atoms with Crippen molar-refractivity contribution < 1.29 is 14.7 Å². The quantitative estimate of drug-likeness (QED) is 0.688. The van der Waals surface area contributed by atoms with Gasteiger partial charge in [-0.2, -0.15) is 0 Å². The molecular formula is C21H26N2O3. The highest BCUT2D eigenvalue weighted by atomic mass is 16.3. The van der Waals surface area contributed by atoms with Crippen molar-refractivity contribution in [2.75, 3.05) is 0 Å². The average Bonchev–Trinajstić information content (AvgIpc) is 2.65. The Balaban J connectivity index is 1.97. The standard InChI is InChI=1S/C21H26N2O3/c22-20(25)13-11-19(24)12-14-21(26)23(15-17-7-3-1-4-8-17)16-18-9-5-2-6-10-18/h1-10,19,24H,11-16H2,(H2,22,25)/t19-/m1/s1. The Bertz CT molecular complexity index is 647. The van der Waals surface area contributed by atoms with E-state index in [-0.39, 0.29) is 18.7 Å². The molecule has 138 valence electrons. The number of carbonyl (C=O) groups excluding carboxylic acids is 2. The van der Waals surface area contributed by atoms with E-state index in [1.54, 1.807) is 4.90 Å².